The van der Waals surface area contributed by atoms with E-state index in [1.165, 1.54) is 33.9 Å². The van der Waals surface area contributed by atoms with Crippen LogP contribution in [-0.2, 0) is 25.7 Å². The van der Waals surface area contributed by atoms with Crippen molar-refractivity contribution >= 4 is 22.7 Å². The molecule has 1 atom stereocenters. The van der Waals surface area contributed by atoms with Crippen molar-refractivity contribution < 1.29 is 0 Å². The predicted octanol–water partition coefficient (Wildman–Crippen LogP) is 4.36. The fraction of sp³-hybridized carbons (Fsp3) is 0.500. The van der Waals surface area contributed by atoms with Gasteiger partial charge < -0.3 is 5.32 Å². The van der Waals surface area contributed by atoms with Gasteiger partial charge in [-0.2, -0.15) is 0 Å². The van der Waals surface area contributed by atoms with E-state index in [1.807, 2.05) is 22.7 Å². The van der Waals surface area contributed by atoms with Gasteiger partial charge in [0.25, 0.3) is 0 Å². The Labute approximate surface area is 123 Å². The molecule has 0 amide bonds. The summed E-state index contributed by atoms with van der Waals surface area (Å²) >= 11 is 4.00. The first-order valence-electron chi connectivity index (χ1n) is 7.16. The van der Waals surface area contributed by atoms with Gasteiger partial charge in [-0.25, -0.2) is 0 Å². The average molecular weight is 291 g/mol. The third-order valence-corrected chi connectivity index (χ3v) is 6.53. The first kappa shape index (κ1) is 13.3. The van der Waals surface area contributed by atoms with Crippen LogP contribution in [0.2, 0.25) is 0 Å². The van der Waals surface area contributed by atoms with E-state index in [1.54, 1.807) is 10.4 Å². The van der Waals surface area contributed by atoms with Gasteiger partial charge in [-0.15, -0.1) is 22.7 Å². The smallest absolute Gasteiger partial charge is 0.0461 e. The molecular weight excluding hydrogens is 270 g/mol. The van der Waals surface area contributed by atoms with Crippen molar-refractivity contribution in [3.8, 4) is 0 Å². The minimum atomic E-state index is 0.485. The fourth-order valence-electron chi connectivity index (χ4n) is 2.79. The summed E-state index contributed by atoms with van der Waals surface area (Å²) < 4.78 is 0. The van der Waals surface area contributed by atoms with Gasteiger partial charge in [-0.3, -0.25) is 0 Å². The molecule has 0 saturated carbocycles. The van der Waals surface area contributed by atoms with Crippen LogP contribution in [0.25, 0.3) is 0 Å². The molecule has 0 bridgehead atoms. The van der Waals surface area contributed by atoms with Crippen molar-refractivity contribution in [1.82, 2.24) is 5.32 Å². The number of likely N-dealkylation sites (N-methyl/N-ethyl adjacent to an activating group) is 1. The molecule has 2 aromatic heterocycles. The summed E-state index contributed by atoms with van der Waals surface area (Å²) in [5.74, 6) is 0. The predicted molar refractivity (Wildman–Crippen MR) is 85.5 cm³/mol. The van der Waals surface area contributed by atoms with E-state index in [-0.39, 0.29) is 0 Å². The van der Waals surface area contributed by atoms with Crippen LogP contribution in [0.1, 0.15) is 44.5 Å². The fourth-order valence-corrected chi connectivity index (χ4v) is 5.16. The zero-order chi connectivity index (χ0) is 13.2. The number of aryl methyl sites for hydroxylation is 3. The standard InChI is InChI=1S/C16H21NS2/c1-3-12-7-8-13(18-12)10-14(17-2)16-9-11-5-4-6-15(11)19-16/h7-9,14,17H,3-6,10H2,1-2H3. The largest absolute Gasteiger partial charge is 0.312 e. The number of nitrogens with one attached hydrogen (secondary N) is 1. The summed E-state index contributed by atoms with van der Waals surface area (Å²) in [6.45, 7) is 2.23. The molecule has 3 heteroatoms. The summed E-state index contributed by atoms with van der Waals surface area (Å²) in [7, 11) is 2.09. The maximum Gasteiger partial charge on any atom is 0.0461 e. The Kier molecular flexibility index (Phi) is 4.06. The molecule has 0 spiro atoms. The van der Waals surface area contributed by atoms with Crippen LogP contribution in [0.15, 0.2) is 18.2 Å². The minimum Gasteiger partial charge on any atom is -0.312 e. The van der Waals surface area contributed by atoms with Gasteiger partial charge in [0.05, 0.1) is 0 Å². The lowest BCUT2D eigenvalue weighted by Gasteiger charge is -2.13. The topological polar surface area (TPSA) is 12.0 Å². The number of hydrogen-bond acceptors (Lipinski definition) is 3. The Hall–Kier alpha value is -0.640. The average Bonchev–Trinajstić information content (AvgIpc) is 3.10. The van der Waals surface area contributed by atoms with Crippen molar-refractivity contribution in [1.29, 1.82) is 0 Å². The maximum atomic E-state index is 3.50. The van der Waals surface area contributed by atoms with Crippen LogP contribution in [-0.4, -0.2) is 7.05 Å². The van der Waals surface area contributed by atoms with E-state index >= 15 is 0 Å². The Morgan fingerprint density at radius 2 is 2.05 bits per heavy atom. The first-order valence-corrected chi connectivity index (χ1v) is 8.79. The molecule has 0 aliphatic heterocycles. The number of rotatable bonds is 5. The van der Waals surface area contributed by atoms with Crippen LogP contribution in [0.3, 0.4) is 0 Å². The molecule has 0 aromatic carbocycles. The Morgan fingerprint density at radius 1 is 1.21 bits per heavy atom. The quantitative estimate of drug-likeness (QED) is 0.863. The van der Waals surface area contributed by atoms with E-state index < -0.39 is 0 Å². The van der Waals surface area contributed by atoms with Gasteiger partial charge in [-0.05, 0) is 56.5 Å². The van der Waals surface area contributed by atoms with Crippen LogP contribution < -0.4 is 5.32 Å². The van der Waals surface area contributed by atoms with Gasteiger partial charge in [0.2, 0.25) is 0 Å². The van der Waals surface area contributed by atoms with Crippen LogP contribution >= 0.6 is 22.7 Å². The lowest BCUT2D eigenvalue weighted by atomic mass is 10.1. The van der Waals surface area contributed by atoms with Crippen LogP contribution in [0.4, 0.5) is 0 Å². The summed E-state index contributed by atoms with van der Waals surface area (Å²) in [4.78, 5) is 6.16. The molecule has 1 N–H and O–H groups in total. The van der Waals surface area contributed by atoms with Crippen LogP contribution in [0, 0.1) is 0 Å². The van der Waals surface area contributed by atoms with Crippen molar-refractivity contribution in [2.45, 2.75) is 45.1 Å². The molecule has 2 heterocycles. The number of hydrogen-bond donors (Lipinski definition) is 1. The molecule has 1 aliphatic rings. The summed E-state index contributed by atoms with van der Waals surface area (Å²) in [6.07, 6.45) is 6.23. The molecule has 0 radical (unpaired) electrons. The molecule has 19 heavy (non-hydrogen) atoms. The van der Waals surface area contributed by atoms with Gasteiger partial charge in [-0.1, -0.05) is 6.92 Å². The zero-order valence-corrected chi connectivity index (χ0v) is 13.3. The minimum absolute atomic E-state index is 0.485. The van der Waals surface area contributed by atoms with Crippen LogP contribution in [0.5, 0.6) is 0 Å². The molecule has 1 aliphatic carbocycles. The van der Waals surface area contributed by atoms with E-state index in [0.717, 1.165) is 12.8 Å². The summed E-state index contributed by atoms with van der Waals surface area (Å²) in [5, 5.41) is 3.50. The lowest BCUT2D eigenvalue weighted by molar-refractivity contribution is 0.606. The maximum absolute atomic E-state index is 3.50. The molecule has 0 saturated heterocycles. The van der Waals surface area contributed by atoms with E-state index in [9.17, 15) is 0 Å². The molecule has 102 valence electrons. The van der Waals surface area contributed by atoms with E-state index in [2.05, 4.69) is 37.5 Å². The Bertz CT molecular complexity index is 531. The third-order valence-electron chi connectivity index (χ3n) is 3.93. The number of fused-ring (bicyclic) bond motifs is 1. The third kappa shape index (κ3) is 2.78. The van der Waals surface area contributed by atoms with Crippen molar-refractivity contribution in [3.63, 3.8) is 0 Å². The summed E-state index contributed by atoms with van der Waals surface area (Å²) in [6, 6.07) is 7.51. The normalized spacial score (nSPS) is 15.7. The highest BCUT2D eigenvalue weighted by Crippen LogP contribution is 2.35. The highest BCUT2D eigenvalue weighted by Gasteiger charge is 2.19. The summed E-state index contributed by atoms with van der Waals surface area (Å²) in [5.41, 5.74) is 1.61. The SMILES string of the molecule is CCc1ccc(CC(NC)c2cc3c(s2)CCC3)s1. The molecular formula is C16H21NS2. The van der Waals surface area contributed by atoms with Gasteiger partial charge >= 0.3 is 0 Å². The molecule has 2 aromatic rings. The van der Waals surface area contributed by atoms with Crippen molar-refractivity contribution in [3.05, 3.63) is 43.3 Å². The zero-order valence-electron chi connectivity index (χ0n) is 11.7. The monoisotopic (exact) mass is 291 g/mol. The number of thiophene rings is 2. The van der Waals surface area contributed by atoms with E-state index in [4.69, 9.17) is 0 Å². The second-order valence-corrected chi connectivity index (χ2v) is 7.64. The second kappa shape index (κ2) is 5.78. The molecule has 1 unspecified atom stereocenters. The van der Waals surface area contributed by atoms with Gasteiger partial charge in [0, 0.05) is 32.0 Å². The Balaban J connectivity index is 1.76. The molecule has 1 nitrogen and oxygen atoms in total. The van der Waals surface area contributed by atoms with E-state index in [0.29, 0.717) is 6.04 Å². The molecule has 3 rings (SSSR count). The Morgan fingerprint density at radius 3 is 2.74 bits per heavy atom. The second-order valence-electron chi connectivity index (χ2n) is 5.22. The highest BCUT2D eigenvalue weighted by molar-refractivity contribution is 7.12. The van der Waals surface area contributed by atoms with Crippen molar-refractivity contribution in [2.75, 3.05) is 7.05 Å². The van der Waals surface area contributed by atoms with Gasteiger partial charge in [0.1, 0.15) is 0 Å². The first-order chi connectivity index (χ1) is 9.30. The van der Waals surface area contributed by atoms with Gasteiger partial charge in [0.15, 0.2) is 0 Å². The lowest BCUT2D eigenvalue weighted by Crippen LogP contribution is -2.17. The van der Waals surface area contributed by atoms with Crippen molar-refractivity contribution in [2.24, 2.45) is 0 Å². The highest BCUT2D eigenvalue weighted by atomic mass is 32.1. The molecule has 0 fully saturated rings.